The monoisotopic (exact) mass is 294 g/mol. The fourth-order valence-electron chi connectivity index (χ4n) is 1.15. The van der Waals surface area contributed by atoms with Gasteiger partial charge in [0.15, 0.2) is 6.61 Å². The summed E-state index contributed by atoms with van der Waals surface area (Å²) in [6.07, 6.45) is -4.78. The number of nitrogens with zero attached hydrogens (tertiary/aromatic N) is 2. The Morgan fingerprint density at radius 2 is 1.55 bits per heavy atom. The van der Waals surface area contributed by atoms with Crippen molar-refractivity contribution >= 4 is 17.3 Å². The van der Waals surface area contributed by atoms with Gasteiger partial charge in [0.1, 0.15) is 0 Å². The van der Waals surface area contributed by atoms with Gasteiger partial charge in [0, 0.05) is 12.1 Å². The second-order valence-electron chi connectivity index (χ2n) is 3.44. The molecule has 0 aromatic heterocycles. The lowest BCUT2D eigenvalue weighted by Crippen LogP contribution is -2.20. The van der Waals surface area contributed by atoms with Gasteiger partial charge in [-0.3, -0.25) is 20.2 Å². The minimum Gasteiger partial charge on any atom is -0.452 e. The van der Waals surface area contributed by atoms with Crippen LogP contribution in [0.4, 0.5) is 24.5 Å². The molecule has 0 spiro atoms. The lowest BCUT2D eigenvalue weighted by molar-refractivity contribution is -0.394. The van der Waals surface area contributed by atoms with E-state index in [1.165, 1.54) is 0 Å². The van der Waals surface area contributed by atoms with Crippen LogP contribution in [0.3, 0.4) is 0 Å². The zero-order chi connectivity index (χ0) is 15.5. The molecule has 1 aromatic rings. The van der Waals surface area contributed by atoms with Crippen molar-refractivity contribution in [3.8, 4) is 0 Å². The number of ether oxygens (including phenoxy) is 1. The number of hydrogen-bond donors (Lipinski definition) is 0. The fraction of sp³-hybridized carbons (Fsp3) is 0.222. The molecule has 0 atom stereocenters. The van der Waals surface area contributed by atoms with E-state index < -0.39 is 45.5 Å². The van der Waals surface area contributed by atoms with Crippen molar-refractivity contribution in [1.82, 2.24) is 0 Å². The van der Waals surface area contributed by atoms with E-state index in [1.807, 2.05) is 0 Å². The normalized spacial score (nSPS) is 10.9. The third-order valence-corrected chi connectivity index (χ3v) is 1.93. The van der Waals surface area contributed by atoms with E-state index in [4.69, 9.17) is 0 Å². The SMILES string of the molecule is O=C(OCC(F)(F)F)c1cc([N+](=O)[O-])cc([N+](=O)[O-])c1. The summed E-state index contributed by atoms with van der Waals surface area (Å²) in [6.45, 7) is -1.90. The molecule has 108 valence electrons. The molecule has 0 aliphatic heterocycles. The molecular weight excluding hydrogens is 289 g/mol. The van der Waals surface area contributed by atoms with Crippen LogP contribution in [0.1, 0.15) is 10.4 Å². The second kappa shape index (κ2) is 5.50. The molecule has 0 aliphatic rings. The third-order valence-electron chi connectivity index (χ3n) is 1.93. The van der Waals surface area contributed by atoms with E-state index in [2.05, 4.69) is 4.74 Å². The zero-order valence-corrected chi connectivity index (χ0v) is 9.42. The molecule has 20 heavy (non-hydrogen) atoms. The van der Waals surface area contributed by atoms with Crippen molar-refractivity contribution in [3.63, 3.8) is 0 Å². The fourth-order valence-corrected chi connectivity index (χ4v) is 1.15. The standard InChI is InChI=1S/C9H5F3N2O6/c10-9(11,12)4-20-8(15)5-1-6(13(16)17)3-7(2-5)14(18)19/h1-3H,4H2. The molecule has 11 heteroatoms. The summed E-state index contributed by atoms with van der Waals surface area (Å²) in [7, 11) is 0. The van der Waals surface area contributed by atoms with Crippen LogP contribution in [0.25, 0.3) is 0 Å². The van der Waals surface area contributed by atoms with Gasteiger partial charge in [-0.25, -0.2) is 4.79 Å². The molecule has 0 bridgehead atoms. The summed E-state index contributed by atoms with van der Waals surface area (Å²) >= 11 is 0. The van der Waals surface area contributed by atoms with E-state index >= 15 is 0 Å². The Bertz CT molecular complexity index is 539. The first-order chi connectivity index (χ1) is 9.10. The Labute approximate surface area is 108 Å². The molecule has 0 fully saturated rings. The first-order valence-electron chi connectivity index (χ1n) is 4.78. The number of carbonyl (C=O) groups is 1. The lowest BCUT2D eigenvalue weighted by atomic mass is 10.2. The largest absolute Gasteiger partial charge is 0.452 e. The van der Waals surface area contributed by atoms with E-state index in [1.54, 1.807) is 0 Å². The first kappa shape index (κ1) is 15.3. The predicted molar refractivity (Wildman–Crippen MR) is 56.1 cm³/mol. The smallest absolute Gasteiger partial charge is 0.422 e. The number of halogens is 3. The molecule has 0 saturated carbocycles. The summed E-state index contributed by atoms with van der Waals surface area (Å²) in [5, 5.41) is 21.0. The average Bonchev–Trinajstić information content (AvgIpc) is 2.34. The van der Waals surface area contributed by atoms with Crippen LogP contribution in [0.5, 0.6) is 0 Å². The Morgan fingerprint density at radius 1 is 1.10 bits per heavy atom. The minimum absolute atomic E-state index is 0.570. The Kier molecular flexibility index (Phi) is 4.22. The van der Waals surface area contributed by atoms with Crippen molar-refractivity contribution in [2.45, 2.75) is 6.18 Å². The number of hydrogen-bond acceptors (Lipinski definition) is 6. The topological polar surface area (TPSA) is 113 Å². The number of nitro groups is 2. The van der Waals surface area contributed by atoms with Crippen LogP contribution >= 0.6 is 0 Å². The van der Waals surface area contributed by atoms with Crippen molar-refractivity contribution in [3.05, 3.63) is 44.0 Å². The molecule has 0 aliphatic carbocycles. The summed E-state index contributed by atoms with van der Waals surface area (Å²) < 4.78 is 39.4. The van der Waals surface area contributed by atoms with Crippen molar-refractivity contribution in [1.29, 1.82) is 0 Å². The van der Waals surface area contributed by atoms with Crippen LogP contribution in [0.15, 0.2) is 18.2 Å². The average molecular weight is 294 g/mol. The molecule has 1 rings (SSSR count). The molecule has 8 nitrogen and oxygen atoms in total. The third kappa shape index (κ3) is 4.19. The summed E-state index contributed by atoms with van der Waals surface area (Å²) in [5.74, 6) is -1.55. The number of esters is 1. The minimum atomic E-state index is -4.78. The summed E-state index contributed by atoms with van der Waals surface area (Å²) in [4.78, 5) is 30.3. The van der Waals surface area contributed by atoms with Crippen LogP contribution in [0.2, 0.25) is 0 Å². The van der Waals surface area contributed by atoms with E-state index in [0.717, 1.165) is 0 Å². The molecule has 1 aromatic carbocycles. The van der Waals surface area contributed by atoms with Gasteiger partial charge < -0.3 is 4.74 Å². The summed E-state index contributed by atoms with van der Waals surface area (Å²) in [6, 6.07) is 1.75. The number of carbonyl (C=O) groups excluding carboxylic acids is 1. The van der Waals surface area contributed by atoms with Gasteiger partial charge in [-0.1, -0.05) is 0 Å². The maximum absolute atomic E-state index is 11.9. The van der Waals surface area contributed by atoms with E-state index in [9.17, 15) is 38.2 Å². The van der Waals surface area contributed by atoms with Gasteiger partial charge in [-0.15, -0.1) is 0 Å². The van der Waals surface area contributed by atoms with Gasteiger partial charge in [-0.05, 0) is 0 Å². The molecule has 0 radical (unpaired) electrons. The molecule has 0 heterocycles. The Hall–Kier alpha value is -2.72. The highest BCUT2D eigenvalue weighted by Gasteiger charge is 2.30. The highest BCUT2D eigenvalue weighted by atomic mass is 19.4. The van der Waals surface area contributed by atoms with Crippen molar-refractivity contribution in [2.75, 3.05) is 6.61 Å². The quantitative estimate of drug-likeness (QED) is 0.478. The predicted octanol–water partition coefficient (Wildman–Crippen LogP) is 2.22. The van der Waals surface area contributed by atoms with Crippen LogP contribution < -0.4 is 0 Å². The van der Waals surface area contributed by atoms with Gasteiger partial charge in [0.05, 0.1) is 21.5 Å². The molecule has 0 N–H and O–H groups in total. The van der Waals surface area contributed by atoms with Crippen LogP contribution in [-0.4, -0.2) is 28.6 Å². The highest BCUT2D eigenvalue weighted by Crippen LogP contribution is 2.24. The van der Waals surface area contributed by atoms with E-state index in [0.29, 0.717) is 18.2 Å². The van der Waals surface area contributed by atoms with Gasteiger partial charge >= 0.3 is 12.1 Å². The van der Waals surface area contributed by atoms with Crippen LogP contribution in [-0.2, 0) is 4.74 Å². The number of nitro benzene ring substituents is 2. The van der Waals surface area contributed by atoms with Gasteiger partial charge in [0.2, 0.25) is 0 Å². The Balaban J connectivity index is 3.07. The zero-order valence-electron chi connectivity index (χ0n) is 9.42. The highest BCUT2D eigenvalue weighted by molar-refractivity contribution is 5.91. The first-order valence-corrected chi connectivity index (χ1v) is 4.78. The second-order valence-corrected chi connectivity index (χ2v) is 3.44. The van der Waals surface area contributed by atoms with Gasteiger partial charge in [-0.2, -0.15) is 13.2 Å². The number of rotatable bonds is 4. The molecule has 0 saturated heterocycles. The molecule has 0 unspecified atom stereocenters. The maximum atomic E-state index is 11.9. The van der Waals surface area contributed by atoms with Crippen molar-refractivity contribution < 1.29 is 32.5 Å². The van der Waals surface area contributed by atoms with Crippen LogP contribution in [0, 0.1) is 20.2 Å². The number of non-ortho nitro benzene ring substituents is 2. The van der Waals surface area contributed by atoms with E-state index in [-0.39, 0.29) is 0 Å². The van der Waals surface area contributed by atoms with Gasteiger partial charge in [0.25, 0.3) is 11.4 Å². The van der Waals surface area contributed by atoms with Crippen molar-refractivity contribution in [2.24, 2.45) is 0 Å². The molecular formula is C9H5F3N2O6. The molecule has 0 amide bonds. The summed E-state index contributed by atoms with van der Waals surface area (Å²) in [5.41, 5.74) is -2.33. The number of benzene rings is 1. The Morgan fingerprint density at radius 3 is 1.90 bits per heavy atom. The lowest BCUT2D eigenvalue weighted by Gasteiger charge is -2.07. The number of alkyl halides is 3. The maximum Gasteiger partial charge on any atom is 0.422 e.